The number of benzene rings is 2. The molecule has 5 heteroatoms. The van der Waals surface area contributed by atoms with Gasteiger partial charge in [-0.1, -0.05) is 65.7 Å². The van der Waals surface area contributed by atoms with E-state index >= 15 is 0 Å². The van der Waals surface area contributed by atoms with Gasteiger partial charge in [-0.25, -0.2) is 4.68 Å². The lowest BCUT2D eigenvalue weighted by atomic mass is 10.1. The molecule has 0 aliphatic heterocycles. The molecule has 1 heterocycles. The number of aliphatic hydroxyl groups is 1. The second-order valence-corrected chi connectivity index (χ2v) is 5.27. The standard InChI is InChI=1S/C16H12Cl2N2O/c17-13-8-4-5-9-14(13)20-16(18)12(10-21)15(19-20)11-6-2-1-3-7-11/h1-9,21H,10H2. The SMILES string of the molecule is OCc1c(-c2ccccc2)nn(-c2ccccc2Cl)c1Cl. The summed E-state index contributed by atoms with van der Waals surface area (Å²) in [5.74, 6) is 0. The average Bonchev–Trinajstić information content (AvgIpc) is 2.85. The van der Waals surface area contributed by atoms with Crippen molar-refractivity contribution in [2.75, 3.05) is 0 Å². The summed E-state index contributed by atoms with van der Waals surface area (Å²) in [6.45, 7) is -0.187. The van der Waals surface area contributed by atoms with E-state index in [0.717, 1.165) is 5.56 Å². The fourth-order valence-electron chi connectivity index (χ4n) is 2.18. The van der Waals surface area contributed by atoms with Crippen LogP contribution in [0.4, 0.5) is 0 Å². The number of hydrogen-bond acceptors (Lipinski definition) is 2. The van der Waals surface area contributed by atoms with E-state index in [-0.39, 0.29) is 6.61 Å². The predicted molar refractivity (Wildman–Crippen MR) is 84.9 cm³/mol. The van der Waals surface area contributed by atoms with E-state index in [1.165, 1.54) is 0 Å². The van der Waals surface area contributed by atoms with Crippen molar-refractivity contribution in [3.8, 4) is 16.9 Å². The van der Waals surface area contributed by atoms with Crippen LogP contribution in [0, 0.1) is 0 Å². The summed E-state index contributed by atoms with van der Waals surface area (Å²) in [6.07, 6.45) is 0. The molecule has 1 N–H and O–H groups in total. The Morgan fingerprint density at radius 1 is 0.952 bits per heavy atom. The molecule has 0 atom stereocenters. The fraction of sp³-hybridized carbons (Fsp3) is 0.0625. The van der Waals surface area contributed by atoms with Gasteiger partial charge < -0.3 is 5.11 Å². The van der Waals surface area contributed by atoms with Gasteiger partial charge in [0.05, 0.1) is 23.0 Å². The summed E-state index contributed by atoms with van der Waals surface area (Å²) < 4.78 is 1.55. The molecule has 3 rings (SSSR count). The lowest BCUT2D eigenvalue weighted by Crippen LogP contribution is -1.97. The molecule has 0 aliphatic carbocycles. The van der Waals surface area contributed by atoms with E-state index < -0.39 is 0 Å². The molecule has 0 saturated carbocycles. The summed E-state index contributed by atoms with van der Waals surface area (Å²) in [5.41, 5.74) is 2.82. The molecule has 0 bridgehead atoms. The first-order valence-corrected chi connectivity index (χ1v) is 7.16. The zero-order chi connectivity index (χ0) is 14.8. The molecule has 3 nitrogen and oxygen atoms in total. The van der Waals surface area contributed by atoms with Crippen molar-refractivity contribution in [1.82, 2.24) is 9.78 Å². The van der Waals surface area contributed by atoms with Gasteiger partial charge in [0.25, 0.3) is 0 Å². The number of halogens is 2. The van der Waals surface area contributed by atoms with Gasteiger partial charge in [-0.2, -0.15) is 5.10 Å². The summed E-state index contributed by atoms with van der Waals surface area (Å²) in [7, 11) is 0. The van der Waals surface area contributed by atoms with Crippen LogP contribution in [-0.4, -0.2) is 14.9 Å². The highest BCUT2D eigenvalue weighted by Gasteiger charge is 2.19. The number of hydrogen-bond donors (Lipinski definition) is 1. The van der Waals surface area contributed by atoms with Crippen molar-refractivity contribution in [3.63, 3.8) is 0 Å². The monoisotopic (exact) mass is 318 g/mol. The van der Waals surface area contributed by atoms with Crippen LogP contribution >= 0.6 is 23.2 Å². The Labute approximate surface area is 132 Å². The third-order valence-electron chi connectivity index (χ3n) is 3.21. The van der Waals surface area contributed by atoms with Crippen LogP contribution in [0.2, 0.25) is 10.2 Å². The highest BCUT2D eigenvalue weighted by atomic mass is 35.5. The molecule has 0 aliphatic rings. The number of aromatic nitrogens is 2. The molecular weight excluding hydrogens is 307 g/mol. The third kappa shape index (κ3) is 2.56. The van der Waals surface area contributed by atoms with Gasteiger partial charge in [-0.05, 0) is 12.1 Å². The molecule has 1 aromatic heterocycles. The fourth-order valence-corrected chi connectivity index (χ4v) is 2.67. The van der Waals surface area contributed by atoms with Crippen LogP contribution < -0.4 is 0 Å². The minimum atomic E-state index is -0.187. The lowest BCUT2D eigenvalue weighted by molar-refractivity contribution is 0.282. The first-order chi connectivity index (χ1) is 10.2. The molecule has 0 unspecified atom stereocenters. The van der Waals surface area contributed by atoms with Gasteiger partial charge in [0.1, 0.15) is 5.15 Å². The molecule has 21 heavy (non-hydrogen) atoms. The Morgan fingerprint density at radius 2 is 1.62 bits per heavy atom. The second kappa shape index (κ2) is 5.90. The first kappa shape index (κ1) is 14.1. The van der Waals surface area contributed by atoms with Gasteiger partial charge in [-0.3, -0.25) is 0 Å². The second-order valence-electron chi connectivity index (χ2n) is 4.51. The van der Waals surface area contributed by atoms with Crippen molar-refractivity contribution in [2.24, 2.45) is 0 Å². The van der Waals surface area contributed by atoms with Crippen molar-refractivity contribution in [1.29, 1.82) is 0 Å². The number of para-hydroxylation sites is 1. The minimum Gasteiger partial charge on any atom is -0.391 e. The number of nitrogens with zero attached hydrogens (tertiary/aromatic N) is 2. The topological polar surface area (TPSA) is 38.1 Å². The summed E-state index contributed by atoms with van der Waals surface area (Å²) >= 11 is 12.6. The van der Waals surface area contributed by atoms with Crippen LogP contribution in [0.25, 0.3) is 16.9 Å². The molecule has 0 fully saturated rings. The maximum atomic E-state index is 9.62. The predicted octanol–water partition coefficient (Wildman–Crippen LogP) is 4.34. The van der Waals surface area contributed by atoms with Gasteiger partial charge in [0.2, 0.25) is 0 Å². The zero-order valence-corrected chi connectivity index (χ0v) is 12.5. The van der Waals surface area contributed by atoms with Gasteiger partial charge in [0, 0.05) is 11.1 Å². The van der Waals surface area contributed by atoms with E-state index in [0.29, 0.717) is 27.1 Å². The van der Waals surface area contributed by atoms with Crippen molar-refractivity contribution >= 4 is 23.2 Å². The minimum absolute atomic E-state index is 0.187. The van der Waals surface area contributed by atoms with E-state index in [9.17, 15) is 5.11 Å². The molecule has 0 saturated heterocycles. The number of rotatable bonds is 3. The van der Waals surface area contributed by atoms with Crippen molar-refractivity contribution in [3.05, 3.63) is 70.3 Å². The summed E-state index contributed by atoms with van der Waals surface area (Å²) in [5, 5.41) is 15.1. The summed E-state index contributed by atoms with van der Waals surface area (Å²) in [4.78, 5) is 0. The van der Waals surface area contributed by atoms with Crippen LogP contribution in [0.5, 0.6) is 0 Å². The van der Waals surface area contributed by atoms with Crippen LogP contribution in [0.1, 0.15) is 5.56 Å². The smallest absolute Gasteiger partial charge is 0.139 e. The van der Waals surface area contributed by atoms with Gasteiger partial charge in [-0.15, -0.1) is 0 Å². The normalized spacial score (nSPS) is 10.8. The largest absolute Gasteiger partial charge is 0.391 e. The van der Waals surface area contributed by atoms with E-state index in [1.54, 1.807) is 10.7 Å². The first-order valence-electron chi connectivity index (χ1n) is 6.41. The molecule has 3 aromatic rings. The molecule has 0 amide bonds. The number of aliphatic hydroxyl groups excluding tert-OH is 1. The summed E-state index contributed by atoms with van der Waals surface area (Å²) in [6, 6.07) is 16.9. The van der Waals surface area contributed by atoms with E-state index in [4.69, 9.17) is 23.2 Å². The Morgan fingerprint density at radius 3 is 2.29 bits per heavy atom. The van der Waals surface area contributed by atoms with Gasteiger partial charge >= 0.3 is 0 Å². The zero-order valence-electron chi connectivity index (χ0n) is 11.0. The molecular formula is C16H12Cl2N2O. The van der Waals surface area contributed by atoms with E-state index in [1.807, 2.05) is 48.5 Å². The average molecular weight is 319 g/mol. The van der Waals surface area contributed by atoms with Crippen LogP contribution in [-0.2, 0) is 6.61 Å². The quantitative estimate of drug-likeness (QED) is 0.780. The molecule has 0 radical (unpaired) electrons. The van der Waals surface area contributed by atoms with Gasteiger partial charge in [0.15, 0.2) is 0 Å². The molecule has 0 spiro atoms. The molecule has 106 valence electrons. The van der Waals surface area contributed by atoms with Crippen molar-refractivity contribution in [2.45, 2.75) is 6.61 Å². The van der Waals surface area contributed by atoms with Crippen LogP contribution in [0.15, 0.2) is 54.6 Å². The lowest BCUT2D eigenvalue weighted by Gasteiger charge is -2.05. The maximum Gasteiger partial charge on any atom is 0.139 e. The maximum absolute atomic E-state index is 9.62. The van der Waals surface area contributed by atoms with Crippen molar-refractivity contribution < 1.29 is 5.11 Å². The highest BCUT2D eigenvalue weighted by Crippen LogP contribution is 2.32. The molecule has 2 aromatic carbocycles. The highest BCUT2D eigenvalue weighted by molar-refractivity contribution is 6.33. The Kier molecular flexibility index (Phi) is 3.97. The van der Waals surface area contributed by atoms with Crippen LogP contribution in [0.3, 0.4) is 0 Å². The Hall–Kier alpha value is -1.81. The Balaban J connectivity index is 2.21. The Bertz CT molecular complexity index is 769. The van der Waals surface area contributed by atoms with E-state index in [2.05, 4.69) is 5.10 Å². The third-order valence-corrected chi connectivity index (χ3v) is 3.91.